The smallest absolute Gasteiger partial charge is 0.289 e. The highest BCUT2D eigenvalue weighted by molar-refractivity contribution is 14.0. The van der Waals surface area contributed by atoms with Crippen LogP contribution in [0.5, 0.6) is 17.2 Å². The zero-order chi connectivity index (χ0) is 20.1. The van der Waals surface area contributed by atoms with Crippen molar-refractivity contribution in [2.24, 2.45) is 4.99 Å². The van der Waals surface area contributed by atoms with Gasteiger partial charge in [-0.3, -0.25) is 9.79 Å². The van der Waals surface area contributed by atoms with E-state index >= 15 is 0 Å². The molecule has 9 nitrogen and oxygen atoms in total. The molecule has 2 aliphatic heterocycles. The maximum absolute atomic E-state index is 12.4. The van der Waals surface area contributed by atoms with Crippen LogP contribution in [0.25, 0.3) is 0 Å². The van der Waals surface area contributed by atoms with Gasteiger partial charge < -0.3 is 33.7 Å². The number of carbonyl (C=O) groups excluding carboxylic acids is 1. The van der Waals surface area contributed by atoms with Gasteiger partial charge in [-0.2, -0.15) is 0 Å². The molecule has 3 heterocycles. The van der Waals surface area contributed by atoms with Gasteiger partial charge in [-0.1, -0.05) is 0 Å². The van der Waals surface area contributed by atoms with E-state index < -0.39 is 0 Å². The van der Waals surface area contributed by atoms with Gasteiger partial charge in [0.2, 0.25) is 6.79 Å². The van der Waals surface area contributed by atoms with Gasteiger partial charge in [0.05, 0.1) is 12.8 Å². The van der Waals surface area contributed by atoms with Gasteiger partial charge in [-0.15, -0.1) is 24.0 Å². The second-order valence-electron chi connectivity index (χ2n) is 6.59. The molecule has 0 atom stereocenters. The normalized spacial score (nSPS) is 15.6. The van der Waals surface area contributed by atoms with Crippen LogP contribution in [0.15, 0.2) is 46.0 Å². The molecule has 0 unspecified atom stereocenters. The monoisotopic (exact) mass is 528 g/mol. The molecule has 0 bridgehead atoms. The van der Waals surface area contributed by atoms with Gasteiger partial charge in [0.1, 0.15) is 12.4 Å². The zero-order valence-electron chi connectivity index (χ0n) is 16.7. The number of nitrogens with one attached hydrogen (secondary N) is 1. The summed E-state index contributed by atoms with van der Waals surface area (Å²) in [5.74, 6) is 3.27. The van der Waals surface area contributed by atoms with Crippen molar-refractivity contribution in [2.75, 3.05) is 53.2 Å². The predicted octanol–water partition coefficient (Wildman–Crippen LogP) is 2.04. The molecule has 1 aromatic carbocycles. The third-order valence-electron chi connectivity index (χ3n) is 4.81. The number of benzene rings is 1. The second kappa shape index (κ2) is 10.4. The topological polar surface area (TPSA) is 88.8 Å². The van der Waals surface area contributed by atoms with Crippen molar-refractivity contribution in [2.45, 2.75) is 0 Å². The van der Waals surface area contributed by atoms with Gasteiger partial charge in [-0.05, 0) is 24.3 Å². The molecule has 1 aromatic heterocycles. The highest BCUT2D eigenvalue weighted by Crippen LogP contribution is 2.34. The van der Waals surface area contributed by atoms with Crippen LogP contribution < -0.4 is 19.5 Å². The van der Waals surface area contributed by atoms with Gasteiger partial charge >= 0.3 is 0 Å². The summed E-state index contributed by atoms with van der Waals surface area (Å²) in [6.07, 6.45) is 1.51. The number of furan rings is 1. The Kier molecular flexibility index (Phi) is 7.66. The second-order valence-corrected chi connectivity index (χ2v) is 6.59. The molecule has 4 rings (SSSR count). The van der Waals surface area contributed by atoms with E-state index in [1.165, 1.54) is 6.26 Å². The predicted molar refractivity (Wildman–Crippen MR) is 121 cm³/mol. The summed E-state index contributed by atoms with van der Waals surface area (Å²) in [4.78, 5) is 20.6. The summed E-state index contributed by atoms with van der Waals surface area (Å²) in [6.45, 7) is 3.98. The number of carbonyl (C=O) groups is 1. The number of fused-ring (bicyclic) bond motifs is 1. The van der Waals surface area contributed by atoms with E-state index in [1.807, 2.05) is 18.2 Å². The Morgan fingerprint density at radius 2 is 1.90 bits per heavy atom. The molecule has 1 fully saturated rings. The van der Waals surface area contributed by atoms with Crippen LogP contribution >= 0.6 is 24.0 Å². The van der Waals surface area contributed by atoms with E-state index in [2.05, 4.69) is 15.2 Å². The van der Waals surface area contributed by atoms with Crippen molar-refractivity contribution in [1.82, 2.24) is 15.1 Å². The molecule has 2 aromatic rings. The number of hydrogen-bond acceptors (Lipinski definition) is 6. The van der Waals surface area contributed by atoms with E-state index in [4.69, 9.17) is 18.6 Å². The summed E-state index contributed by atoms with van der Waals surface area (Å²) in [5, 5.41) is 3.31. The number of hydrogen-bond donors (Lipinski definition) is 1. The fraction of sp³-hybridized carbons (Fsp3) is 0.400. The van der Waals surface area contributed by atoms with Crippen LogP contribution in [0.1, 0.15) is 10.6 Å². The lowest BCUT2D eigenvalue weighted by molar-refractivity contribution is 0.0657. The SMILES string of the molecule is CN=C(NCCOc1ccc2c(c1)OCO2)N1CCN(C(=O)c2ccco2)CC1.I. The minimum Gasteiger partial charge on any atom is -0.492 e. The Balaban J connectivity index is 0.00000256. The lowest BCUT2D eigenvalue weighted by Gasteiger charge is -2.36. The number of halogens is 1. The van der Waals surface area contributed by atoms with Crippen LogP contribution in [-0.4, -0.2) is 74.8 Å². The summed E-state index contributed by atoms with van der Waals surface area (Å²) in [5.41, 5.74) is 0. The molecular formula is C20H25IN4O5. The molecule has 0 saturated carbocycles. The summed E-state index contributed by atoms with van der Waals surface area (Å²) in [7, 11) is 1.75. The molecule has 10 heteroatoms. The minimum atomic E-state index is -0.0743. The van der Waals surface area contributed by atoms with Crippen LogP contribution in [0.3, 0.4) is 0 Å². The Hall–Kier alpha value is -2.63. The number of amides is 1. The van der Waals surface area contributed by atoms with Crippen molar-refractivity contribution in [3.63, 3.8) is 0 Å². The zero-order valence-corrected chi connectivity index (χ0v) is 19.0. The van der Waals surface area contributed by atoms with Crippen LogP contribution in [0.4, 0.5) is 0 Å². The number of piperazine rings is 1. The van der Waals surface area contributed by atoms with Crippen molar-refractivity contribution < 1.29 is 23.4 Å². The molecular weight excluding hydrogens is 503 g/mol. The molecule has 0 aliphatic carbocycles. The fourth-order valence-electron chi connectivity index (χ4n) is 3.31. The van der Waals surface area contributed by atoms with Gasteiger partial charge in [0.15, 0.2) is 23.2 Å². The third kappa shape index (κ3) is 5.10. The van der Waals surface area contributed by atoms with Crippen molar-refractivity contribution in [3.8, 4) is 17.2 Å². The summed E-state index contributed by atoms with van der Waals surface area (Å²) in [6, 6.07) is 8.94. The van der Waals surface area contributed by atoms with E-state index in [-0.39, 0.29) is 36.7 Å². The largest absolute Gasteiger partial charge is 0.492 e. The molecule has 1 N–H and O–H groups in total. The molecule has 2 aliphatic rings. The molecule has 1 saturated heterocycles. The highest BCUT2D eigenvalue weighted by Gasteiger charge is 2.25. The minimum absolute atomic E-state index is 0. The highest BCUT2D eigenvalue weighted by atomic mass is 127. The van der Waals surface area contributed by atoms with Crippen molar-refractivity contribution in [1.29, 1.82) is 0 Å². The van der Waals surface area contributed by atoms with E-state index in [9.17, 15) is 4.79 Å². The summed E-state index contributed by atoms with van der Waals surface area (Å²) < 4.78 is 21.6. The molecule has 162 valence electrons. The average Bonchev–Trinajstić information content (AvgIpc) is 3.45. The molecule has 0 radical (unpaired) electrons. The first kappa shape index (κ1) is 22.1. The Morgan fingerprint density at radius 3 is 2.63 bits per heavy atom. The number of ether oxygens (including phenoxy) is 3. The lowest BCUT2D eigenvalue weighted by atomic mass is 10.3. The van der Waals surface area contributed by atoms with E-state index in [0.717, 1.165) is 17.5 Å². The number of nitrogens with zero attached hydrogens (tertiary/aromatic N) is 3. The van der Waals surface area contributed by atoms with Gasteiger partial charge in [0, 0.05) is 39.3 Å². The van der Waals surface area contributed by atoms with E-state index in [1.54, 1.807) is 24.1 Å². The molecule has 0 spiro atoms. The van der Waals surface area contributed by atoms with Gasteiger partial charge in [-0.25, -0.2) is 0 Å². The maximum Gasteiger partial charge on any atom is 0.289 e. The average molecular weight is 528 g/mol. The van der Waals surface area contributed by atoms with Crippen LogP contribution in [0, 0.1) is 0 Å². The van der Waals surface area contributed by atoms with Crippen LogP contribution in [-0.2, 0) is 0 Å². The summed E-state index contributed by atoms with van der Waals surface area (Å²) >= 11 is 0. The van der Waals surface area contributed by atoms with Gasteiger partial charge in [0.25, 0.3) is 5.91 Å². The molecule has 1 amide bonds. The Labute approximate surface area is 192 Å². The van der Waals surface area contributed by atoms with Crippen molar-refractivity contribution in [3.05, 3.63) is 42.4 Å². The van der Waals surface area contributed by atoms with Crippen molar-refractivity contribution >= 4 is 35.8 Å². The first-order chi connectivity index (χ1) is 14.2. The first-order valence-electron chi connectivity index (χ1n) is 9.55. The van der Waals surface area contributed by atoms with E-state index in [0.29, 0.717) is 50.8 Å². The standard InChI is InChI=1S/C20H24N4O5.HI/c1-21-20(22-6-12-26-15-4-5-16-18(13-15)29-14-28-16)24-9-7-23(8-10-24)19(25)17-3-2-11-27-17;/h2-5,11,13H,6-10,12,14H2,1H3,(H,21,22);1H. The first-order valence-corrected chi connectivity index (χ1v) is 9.55. The number of guanidine groups is 1. The molecule has 30 heavy (non-hydrogen) atoms. The lowest BCUT2D eigenvalue weighted by Crippen LogP contribution is -2.54. The number of aliphatic imine (C=N–C) groups is 1. The third-order valence-corrected chi connectivity index (χ3v) is 4.81. The quantitative estimate of drug-likeness (QED) is 0.275. The maximum atomic E-state index is 12.4. The Morgan fingerprint density at radius 1 is 1.13 bits per heavy atom. The van der Waals surface area contributed by atoms with Crippen LogP contribution in [0.2, 0.25) is 0 Å². The number of rotatable bonds is 5. The fourth-order valence-corrected chi connectivity index (χ4v) is 3.31. The Bertz CT molecular complexity index is 866.